The first kappa shape index (κ1) is 11.8. The molecule has 5 heteroatoms. The van der Waals surface area contributed by atoms with Gasteiger partial charge < -0.3 is 9.84 Å². The van der Waals surface area contributed by atoms with Crippen molar-refractivity contribution in [1.82, 2.24) is 9.97 Å². The van der Waals surface area contributed by atoms with Gasteiger partial charge in [-0.25, -0.2) is 4.98 Å². The highest BCUT2D eigenvalue weighted by Crippen LogP contribution is 2.13. The lowest BCUT2D eigenvalue weighted by Gasteiger charge is -2.05. The van der Waals surface area contributed by atoms with Crippen LogP contribution in [0.4, 0.5) is 0 Å². The van der Waals surface area contributed by atoms with E-state index in [1.165, 1.54) is 12.4 Å². The summed E-state index contributed by atoms with van der Waals surface area (Å²) < 4.78 is 5.43. The molecule has 0 amide bonds. The maximum atomic E-state index is 8.81. The zero-order chi connectivity index (χ0) is 12.1. The number of rotatable bonds is 4. The quantitative estimate of drug-likeness (QED) is 0.904. The molecule has 88 valence electrons. The summed E-state index contributed by atoms with van der Waals surface area (Å²) in [5.41, 5.74) is 1.48. The lowest BCUT2D eigenvalue weighted by molar-refractivity contribution is 0.271. The number of halogens is 1. The van der Waals surface area contributed by atoms with Crippen LogP contribution in [0.2, 0.25) is 5.02 Å². The summed E-state index contributed by atoms with van der Waals surface area (Å²) in [7, 11) is 0. The average molecular weight is 251 g/mol. The van der Waals surface area contributed by atoms with Crippen molar-refractivity contribution in [2.75, 3.05) is 0 Å². The van der Waals surface area contributed by atoms with E-state index in [0.29, 0.717) is 23.2 Å². The predicted molar refractivity (Wildman–Crippen MR) is 63.7 cm³/mol. The summed E-state index contributed by atoms with van der Waals surface area (Å²) in [4.78, 5) is 7.97. The van der Waals surface area contributed by atoms with Crippen LogP contribution in [0.25, 0.3) is 0 Å². The van der Waals surface area contributed by atoms with Crippen molar-refractivity contribution >= 4 is 11.6 Å². The molecule has 1 N–H and O–H groups in total. The van der Waals surface area contributed by atoms with Gasteiger partial charge in [0.2, 0.25) is 5.88 Å². The number of hydrogen-bond acceptors (Lipinski definition) is 4. The highest BCUT2D eigenvalue weighted by atomic mass is 35.5. The van der Waals surface area contributed by atoms with Gasteiger partial charge in [0.05, 0.1) is 24.7 Å². The fourth-order valence-electron chi connectivity index (χ4n) is 1.28. The molecule has 0 spiro atoms. The van der Waals surface area contributed by atoms with Crippen molar-refractivity contribution in [2.45, 2.75) is 13.2 Å². The van der Waals surface area contributed by atoms with Gasteiger partial charge in [-0.05, 0) is 17.7 Å². The molecule has 2 aromatic rings. The van der Waals surface area contributed by atoms with E-state index in [4.69, 9.17) is 21.4 Å². The van der Waals surface area contributed by atoms with Crippen molar-refractivity contribution in [1.29, 1.82) is 0 Å². The predicted octanol–water partition coefficient (Wildman–Crippen LogP) is 2.20. The van der Waals surface area contributed by atoms with Crippen LogP contribution in [0.15, 0.2) is 36.7 Å². The Morgan fingerprint density at radius 3 is 2.76 bits per heavy atom. The maximum Gasteiger partial charge on any atom is 0.232 e. The van der Waals surface area contributed by atoms with E-state index in [0.717, 1.165) is 5.56 Å². The van der Waals surface area contributed by atoms with Crippen molar-refractivity contribution < 1.29 is 9.84 Å². The standard InChI is InChI=1S/C12H11ClN2O2/c13-10-3-1-2-9(4-10)8-17-12-6-14-11(7-16)5-15-12/h1-6,16H,7-8H2. The Morgan fingerprint density at radius 2 is 2.12 bits per heavy atom. The molecular weight excluding hydrogens is 240 g/mol. The molecule has 0 radical (unpaired) electrons. The van der Waals surface area contributed by atoms with Crippen LogP contribution in [-0.4, -0.2) is 15.1 Å². The van der Waals surface area contributed by atoms with Crippen LogP contribution in [-0.2, 0) is 13.2 Å². The lowest BCUT2D eigenvalue weighted by Crippen LogP contribution is -1.99. The van der Waals surface area contributed by atoms with Gasteiger partial charge in [0, 0.05) is 5.02 Å². The Hall–Kier alpha value is -1.65. The second-order valence-electron chi connectivity index (χ2n) is 3.42. The van der Waals surface area contributed by atoms with Gasteiger partial charge in [0.25, 0.3) is 0 Å². The Kier molecular flexibility index (Phi) is 3.90. The molecule has 0 saturated carbocycles. The number of hydrogen-bond donors (Lipinski definition) is 1. The second kappa shape index (κ2) is 5.61. The van der Waals surface area contributed by atoms with Crippen LogP contribution >= 0.6 is 11.6 Å². The molecule has 4 nitrogen and oxygen atoms in total. The zero-order valence-corrected chi connectivity index (χ0v) is 9.76. The summed E-state index contributed by atoms with van der Waals surface area (Å²) in [5.74, 6) is 0.419. The smallest absolute Gasteiger partial charge is 0.232 e. The van der Waals surface area contributed by atoms with E-state index in [9.17, 15) is 0 Å². The second-order valence-corrected chi connectivity index (χ2v) is 3.86. The van der Waals surface area contributed by atoms with E-state index in [-0.39, 0.29) is 6.61 Å². The van der Waals surface area contributed by atoms with E-state index in [2.05, 4.69) is 9.97 Å². The van der Waals surface area contributed by atoms with E-state index < -0.39 is 0 Å². The molecule has 0 unspecified atom stereocenters. The largest absolute Gasteiger partial charge is 0.472 e. The minimum absolute atomic E-state index is 0.123. The van der Waals surface area contributed by atoms with Gasteiger partial charge >= 0.3 is 0 Å². The fraction of sp³-hybridized carbons (Fsp3) is 0.167. The molecule has 17 heavy (non-hydrogen) atoms. The summed E-state index contributed by atoms with van der Waals surface area (Å²) in [6.07, 6.45) is 2.96. The first-order valence-electron chi connectivity index (χ1n) is 5.07. The summed E-state index contributed by atoms with van der Waals surface area (Å²) in [6, 6.07) is 7.42. The number of aliphatic hydroxyl groups is 1. The fourth-order valence-corrected chi connectivity index (χ4v) is 1.50. The first-order chi connectivity index (χ1) is 8.28. The third kappa shape index (κ3) is 3.41. The highest BCUT2D eigenvalue weighted by molar-refractivity contribution is 6.30. The van der Waals surface area contributed by atoms with Crippen molar-refractivity contribution in [2.24, 2.45) is 0 Å². The van der Waals surface area contributed by atoms with Crippen LogP contribution < -0.4 is 4.74 Å². The minimum Gasteiger partial charge on any atom is -0.472 e. The monoisotopic (exact) mass is 250 g/mol. The molecule has 1 heterocycles. The number of nitrogens with zero attached hydrogens (tertiary/aromatic N) is 2. The Balaban J connectivity index is 1.97. The molecule has 2 rings (SSSR count). The molecule has 0 aliphatic rings. The molecule has 0 atom stereocenters. The molecule has 0 bridgehead atoms. The van der Waals surface area contributed by atoms with Crippen LogP contribution in [0.3, 0.4) is 0 Å². The maximum absolute atomic E-state index is 8.81. The number of ether oxygens (including phenoxy) is 1. The Bertz CT molecular complexity index is 488. The Labute approximate surface area is 104 Å². The van der Waals surface area contributed by atoms with Gasteiger partial charge in [0.1, 0.15) is 6.61 Å². The van der Waals surface area contributed by atoms with Gasteiger partial charge in [-0.3, -0.25) is 4.98 Å². The topological polar surface area (TPSA) is 55.2 Å². The minimum atomic E-state index is -0.123. The highest BCUT2D eigenvalue weighted by Gasteiger charge is 1.99. The molecule has 1 aromatic heterocycles. The van der Waals surface area contributed by atoms with Crippen LogP contribution in [0.5, 0.6) is 5.88 Å². The van der Waals surface area contributed by atoms with Gasteiger partial charge in [-0.1, -0.05) is 23.7 Å². The number of aliphatic hydroxyl groups excluding tert-OH is 1. The molecule has 1 aromatic carbocycles. The van der Waals surface area contributed by atoms with Crippen molar-refractivity contribution in [3.05, 3.63) is 52.9 Å². The summed E-state index contributed by atoms with van der Waals surface area (Å²) >= 11 is 5.85. The van der Waals surface area contributed by atoms with E-state index in [1.807, 2.05) is 18.2 Å². The summed E-state index contributed by atoms with van der Waals surface area (Å²) in [5, 5.41) is 9.48. The summed E-state index contributed by atoms with van der Waals surface area (Å²) in [6.45, 7) is 0.259. The van der Waals surface area contributed by atoms with E-state index >= 15 is 0 Å². The van der Waals surface area contributed by atoms with Gasteiger partial charge in [0.15, 0.2) is 0 Å². The first-order valence-corrected chi connectivity index (χ1v) is 5.45. The SMILES string of the molecule is OCc1cnc(OCc2cccc(Cl)c2)cn1. The normalized spacial score (nSPS) is 10.2. The van der Waals surface area contributed by atoms with Crippen LogP contribution in [0, 0.1) is 0 Å². The van der Waals surface area contributed by atoms with Gasteiger partial charge in [-0.15, -0.1) is 0 Å². The third-order valence-electron chi connectivity index (χ3n) is 2.12. The molecule has 0 aliphatic heterocycles. The Morgan fingerprint density at radius 1 is 1.24 bits per heavy atom. The molecular formula is C12H11ClN2O2. The molecule has 0 aliphatic carbocycles. The van der Waals surface area contributed by atoms with Crippen molar-refractivity contribution in [3.8, 4) is 5.88 Å². The van der Waals surface area contributed by atoms with E-state index in [1.54, 1.807) is 6.07 Å². The number of aromatic nitrogens is 2. The zero-order valence-electron chi connectivity index (χ0n) is 9.01. The number of benzene rings is 1. The molecule has 0 saturated heterocycles. The molecule has 0 fully saturated rings. The van der Waals surface area contributed by atoms with Gasteiger partial charge in [-0.2, -0.15) is 0 Å². The average Bonchev–Trinajstić information content (AvgIpc) is 2.37. The van der Waals surface area contributed by atoms with Crippen molar-refractivity contribution in [3.63, 3.8) is 0 Å². The lowest BCUT2D eigenvalue weighted by atomic mass is 10.2. The van der Waals surface area contributed by atoms with Crippen LogP contribution in [0.1, 0.15) is 11.3 Å². The third-order valence-corrected chi connectivity index (χ3v) is 2.35.